The van der Waals surface area contributed by atoms with E-state index in [0.29, 0.717) is 12.8 Å². The van der Waals surface area contributed by atoms with E-state index in [1.54, 1.807) is 0 Å². The molecular formula is C15H32ClF3O3Si3. The molecule has 2 unspecified atom stereocenters. The van der Waals surface area contributed by atoms with E-state index in [9.17, 15) is 13.2 Å². The van der Waals surface area contributed by atoms with Gasteiger partial charge < -0.3 is 13.0 Å². The average Bonchev–Trinajstić information content (AvgIpc) is 2.31. The van der Waals surface area contributed by atoms with Crippen LogP contribution in [0.5, 0.6) is 0 Å². The molecule has 1 aliphatic carbocycles. The molecule has 25 heavy (non-hydrogen) atoms. The van der Waals surface area contributed by atoms with E-state index in [-0.39, 0.29) is 0 Å². The summed E-state index contributed by atoms with van der Waals surface area (Å²) in [6.07, 6.45) is -2.34. The van der Waals surface area contributed by atoms with Gasteiger partial charge in [-0.25, -0.2) is 0 Å². The van der Waals surface area contributed by atoms with Crippen LogP contribution < -0.4 is 0 Å². The molecule has 150 valence electrons. The SMILES string of the molecule is C[Si](C)(C)O[Si](C)(O[Si](C)(C)C)C1(Cl)CCCCC1OCC(F)(F)F. The molecule has 0 radical (unpaired) electrons. The molecular weight excluding hydrogens is 405 g/mol. The predicted octanol–water partition coefficient (Wildman–Crippen LogP) is 5.80. The fourth-order valence-corrected chi connectivity index (χ4v) is 17.1. The maximum absolute atomic E-state index is 12.7. The Labute approximate surface area is 158 Å². The Morgan fingerprint density at radius 3 is 1.84 bits per heavy atom. The molecule has 0 saturated heterocycles. The van der Waals surface area contributed by atoms with Crippen molar-refractivity contribution in [3.8, 4) is 0 Å². The van der Waals surface area contributed by atoms with Crippen molar-refractivity contribution in [1.29, 1.82) is 0 Å². The van der Waals surface area contributed by atoms with Gasteiger partial charge in [0, 0.05) is 0 Å². The van der Waals surface area contributed by atoms with Crippen LogP contribution >= 0.6 is 11.6 Å². The van der Waals surface area contributed by atoms with Crippen LogP contribution in [0.3, 0.4) is 0 Å². The van der Waals surface area contributed by atoms with Gasteiger partial charge in [-0.1, -0.05) is 12.8 Å². The molecule has 1 rings (SSSR count). The van der Waals surface area contributed by atoms with Crippen LogP contribution in [0.25, 0.3) is 0 Å². The van der Waals surface area contributed by atoms with Crippen LogP contribution in [-0.4, -0.2) is 48.6 Å². The fraction of sp³-hybridized carbons (Fsp3) is 1.00. The summed E-state index contributed by atoms with van der Waals surface area (Å²) >= 11 is 7.05. The van der Waals surface area contributed by atoms with Crippen molar-refractivity contribution in [1.82, 2.24) is 0 Å². The summed E-state index contributed by atoms with van der Waals surface area (Å²) in [5.41, 5.74) is 0. The van der Waals surface area contributed by atoms with E-state index in [1.165, 1.54) is 0 Å². The van der Waals surface area contributed by atoms with Crippen molar-refractivity contribution >= 4 is 36.8 Å². The number of ether oxygens (including phenoxy) is 1. The van der Waals surface area contributed by atoms with Crippen LogP contribution in [0.1, 0.15) is 25.7 Å². The molecule has 1 fully saturated rings. The summed E-state index contributed by atoms with van der Waals surface area (Å²) in [6, 6.07) is 0. The smallest absolute Gasteiger partial charge is 0.411 e. The first kappa shape index (κ1) is 23.6. The third-order valence-electron chi connectivity index (χ3n) is 3.97. The Kier molecular flexibility index (Phi) is 7.50. The van der Waals surface area contributed by atoms with Crippen molar-refractivity contribution in [2.24, 2.45) is 0 Å². The third-order valence-corrected chi connectivity index (χ3v) is 15.5. The molecule has 0 aromatic carbocycles. The van der Waals surface area contributed by atoms with Gasteiger partial charge in [0.25, 0.3) is 0 Å². The Balaban J connectivity index is 3.20. The van der Waals surface area contributed by atoms with E-state index in [0.717, 1.165) is 12.8 Å². The predicted molar refractivity (Wildman–Crippen MR) is 103 cm³/mol. The minimum atomic E-state index is -4.37. The molecule has 10 heteroatoms. The maximum Gasteiger partial charge on any atom is 0.411 e. The lowest BCUT2D eigenvalue weighted by Gasteiger charge is -2.52. The first-order valence-electron chi connectivity index (χ1n) is 8.75. The molecule has 1 saturated carbocycles. The second kappa shape index (κ2) is 7.92. The standard InChI is InChI=1S/C15H32ClF3O3Si3/c1-23(2,3)21-25(7,22-24(4,5)6)14(16)11-9-8-10-13(14)20-12-15(17,18)19/h13H,8-12H2,1-7H3. The number of hydrogen-bond acceptors (Lipinski definition) is 3. The maximum atomic E-state index is 12.7. The third kappa shape index (κ3) is 7.27. The van der Waals surface area contributed by atoms with Crippen LogP contribution in [0, 0.1) is 0 Å². The van der Waals surface area contributed by atoms with Gasteiger partial charge >= 0.3 is 14.7 Å². The molecule has 2 atom stereocenters. The van der Waals surface area contributed by atoms with Gasteiger partial charge in [-0.3, -0.25) is 0 Å². The first-order chi connectivity index (χ1) is 11.0. The minimum Gasteiger partial charge on any atom is -0.436 e. The fourth-order valence-electron chi connectivity index (χ4n) is 3.39. The zero-order valence-corrected chi connectivity index (χ0v) is 20.1. The summed E-state index contributed by atoms with van der Waals surface area (Å²) in [7, 11) is -7.04. The van der Waals surface area contributed by atoms with E-state index < -0.39 is 48.6 Å². The second-order valence-corrected chi connectivity index (χ2v) is 22.8. The highest BCUT2D eigenvalue weighted by Gasteiger charge is 2.61. The lowest BCUT2D eigenvalue weighted by Crippen LogP contribution is -2.69. The highest BCUT2D eigenvalue weighted by Crippen LogP contribution is 2.46. The van der Waals surface area contributed by atoms with Gasteiger partial charge in [-0.05, 0) is 58.7 Å². The number of alkyl halides is 4. The first-order valence-corrected chi connectivity index (χ1v) is 18.3. The lowest BCUT2D eigenvalue weighted by molar-refractivity contribution is -0.189. The van der Waals surface area contributed by atoms with E-state index in [4.69, 9.17) is 24.6 Å². The molecule has 0 aromatic heterocycles. The Bertz CT molecular complexity index is 436. The number of halogens is 4. The molecule has 0 N–H and O–H groups in total. The van der Waals surface area contributed by atoms with Gasteiger partial charge in [-0.15, -0.1) is 11.6 Å². The number of hydrogen-bond donors (Lipinski definition) is 0. The van der Waals surface area contributed by atoms with Gasteiger partial charge in [0.05, 0.1) is 6.10 Å². The van der Waals surface area contributed by atoms with Crippen molar-refractivity contribution in [3.63, 3.8) is 0 Å². The molecule has 1 aliphatic rings. The van der Waals surface area contributed by atoms with Crippen LogP contribution in [0.2, 0.25) is 45.8 Å². The van der Waals surface area contributed by atoms with Crippen LogP contribution in [-0.2, 0) is 13.0 Å². The molecule has 0 heterocycles. The van der Waals surface area contributed by atoms with E-state index >= 15 is 0 Å². The molecule has 0 aliphatic heterocycles. The Morgan fingerprint density at radius 1 is 0.960 bits per heavy atom. The summed E-state index contributed by atoms with van der Waals surface area (Å²) < 4.78 is 55.4. The lowest BCUT2D eigenvalue weighted by atomic mass is 9.96. The molecule has 0 bridgehead atoms. The molecule has 0 spiro atoms. The zero-order valence-electron chi connectivity index (χ0n) is 16.3. The minimum absolute atomic E-state index is 0.506. The topological polar surface area (TPSA) is 27.7 Å². The zero-order chi connectivity index (χ0) is 19.7. The molecule has 0 amide bonds. The van der Waals surface area contributed by atoms with Gasteiger partial charge in [0.2, 0.25) is 0 Å². The average molecular weight is 437 g/mol. The Hall–Kier alpha value is 0.611. The quantitative estimate of drug-likeness (QED) is 0.372. The summed E-state index contributed by atoms with van der Waals surface area (Å²) in [5.74, 6) is 0. The van der Waals surface area contributed by atoms with Gasteiger partial charge in [-0.2, -0.15) is 13.2 Å². The molecule has 3 nitrogen and oxygen atoms in total. The van der Waals surface area contributed by atoms with E-state index in [1.807, 2.05) is 6.55 Å². The molecule has 0 aromatic rings. The van der Waals surface area contributed by atoms with E-state index in [2.05, 4.69) is 39.3 Å². The van der Waals surface area contributed by atoms with Gasteiger partial charge in [0.15, 0.2) is 16.6 Å². The van der Waals surface area contributed by atoms with Crippen LogP contribution in [0.4, 0.5) is 13.2 Å². The summed E-state index contributed by atoms with van der Waals surface area (Å²) in [5, 5.41) is 0. The second-order valence-electron chi connectivity index (χ2n) is 8.90. The highest BCUT2D eigenvalue weighted by atomic mass is 35.5. The largest absolute Gasteiger partial charge is 0.436 e. The Morgan fingerprint density at radius 2 is 1.44 bits per heavy atom. The van der Waals surface area contributed by atoms with Crippen molar-refractivity contribution in [3.05, 3.63) is 0 Å². The van der Waals surface area contributed by atoms with Crippen LogP contribution in [0.15, 0.2) is 0 Å². The summed E-state index contributed by atoms with van der Waals surface area (Å²) in [6.45, 7) is 13.0. The van der Waals surface area contributed by atoms with Gasteiger partial charge in [0.1, 0.15) is 11.1 Å². The number of rotatable bonds is 7. The van der Waals surface area contributed by atoms with Crippen molar-refractivity contribution in [2.45, 2.75) is 88.3 Å². The van der Waals surface area contributed by atoms with Crippen molar-refractivity contribution in [2.75, 3.05) is 6.61 Å². The monoisotopic (exact) mass is 436 g/mol. The summed E-state index contributed by atoms with van der Waals surface area (Å²) in [4.78, 5) is 0. The normalized spacial score (nSPS) is 26.8. The highest BCUT2D eigenvalue weighted by molar-refractivity contribution is 6.92. The van der Waals surface area contributed by atoms with Crippen molar-refractivity contribution < 1.29 is 26.1 Å².